The third kappa shape index (κ3) is 3.86. The fourth-order valence-electron chi connectivity index (χ4n) is 1.94. The van der Waals surface area contributed by atoms with Crippen LogP contribution in [-0.2, 0) is 15.9 Å². The predicted octanol–water partition coefficient (Wildman–Crippen LogP) is 1.94. The van der Waals surface area contributed by atoms with Crippen molar-refractivity contribution in [2.75, 3.05) is 0 Å². The van der Waals surface area contributed by atoms with Crippen molar-refractivity contribution in [1.29, 1.82) is 0 Å². The first-order valence-corrected chi connectivity index (χ1v) is 6.96. The second-order valence-electron chi connectivity index (χ2n) is 4.31. The average molecular weight is 250 g/mol. The van der Waals surface area contributed by atoms with Crippen LogP contribution in [0.2, 0.25) is 0 Å². The third-order valence-electron chi connectivity index (χ3n) is 2.95. The van der Waals surface area contributed by atoms with E-state index in [0.29, 0.717) is 12.5 Å². The van der Waals surface area contributed by atoms with E-state index < -0.39 is 0 Å². The number of rotatable bonds is 4. The highest BCUT2D eigenvalue weighted by atomic mass is 32.1. The van der Waals surface area contributed by atoms with E-state index in [1.165, 1.54) is 0 Å². The highest BCUT2D eigenvalue weighted by molar-refractivity contribution is 7.10. The molecule has 2 atom stereocenters. The zero-order valence-corrected chi connectivity index (χ0v) is 10.8. The van der Waals surface area contributed by atoms with Gasteiger partial charge in [-0.2, -0.15) is 0 Å². The molecule has 1 fully saturated rings. The Kier molecular flexibility index (Phi) is 4.62. The summed E-state index contributed by atoms with van der Waals surface area (Å²) in [6.07, 6.45) is 3.84. The number of amides is 1. The molecular weight excluding hydrogens is 233 g/mol. The standard InChI is InChI=1S/C12H17BNO2S/c1-2-9-5-6-11(13-16-9)14-12(15)8-10-4-3-7-17-10/h3-4,7,9,11H,2,5-6,8H2,1H3,(H,14,15). The molecule has 2 unspecified atom stereocenters. The summed E-state index contributed by atoms with van der Waals surface area (Å²) in [5, 5.41) is 4.98. The van der Waals surface area contributed by atoms with Crippen LogP contribution >= 0.6 is 11.3 Å². The summed E-state index contributed by atoms with van der Waals surface area (Å²) in [5.74, 6) is 0.150. The van der Waals surface area contributed by atoms with Crippen molar-refractivity contribution in [3.8, 4) is 0 Å². The van der Waals surface area contributed by atoms with Gasteiger partial charge in [0, 0.05) is 16.9 Å². The van der Waals surface area contributed by atoms with Crippen LogP contribution in [0.15, 0.2) is 17.5 Å². The molecule has 5 heteroatoms. The molecule has 3 nitrogen and oxygen atoms in total. The van der Waals surface area contributed by atoms with Crippen molar-refractivity contribution in [2.24, 2.45) is 0 Å². The van der Waals surface area contributed by atoms with Crippen molar-refractivity contribution in [2.45, 2.75) is 44.7 Å². The van der Waals surface area contributed by atoms with Gasteiger partial charge in [-0.05, 0) is 30.7 Å². The maximum atomic E-state index is 11.7. The van der Waals surface area contributed by atoms with Crippen LogP contribution in [0.5, 0.6) is 0 Å². The number of thiophene rings is 1. The van der Waals surface area contributed by atoms with Crippen LogP contribution in [0, 0.1) is 0 Å². The second kappa shape index (κ2) is 6.22. The second-order valence-corrected chi connectivity index (χ2v) is 5.34. The van der Waals surface area contributed by atoms with Crippen LogP contribution < -0.4 is 5.32 Å². The van der Waals surface area contributed by atoms with E-state index in [9.17, 15) is 4.79 Å². The van der Waals surface area contributed by atoms with Crippen LogP contribution in [0.25, 0.3) is 0 Å². The normalized spacial score (nSPS) is 24.1. The van der Waals surface area contributed by atoms with Gasteiger partial charge in [-0.1, -0.05) is 13.0 Å². The SMILES string of the molecule is CCC1CCC(NC(=O)Cc2cccs2)[B]O1. The number of nitrogens with one attached hydrogen (secondary N) is 1. The van der Waals surface area contributed by atoms with Crippen LogP contribution in [0.1, 0.15) is 31.1 Å². The van der Waals surface area contributed by atoms with Gasteiger partial charge in [0.2, 0.25) is 5.91 Å². The summed E-state index contributed by atoms with van der Waals surface area (Å²) in [4.78, 5) is 12.9. The molecule has 0 aliphatic carbocycles. The monoisotopic (exact) mass is 250 g/mol. The van der Waals surface area contributed by atoms with E-state index in [1.54, 1.807) is 18.8 Å². The van der Waals surface area contributed by atoms with E-state index in [-0.39, 0.29) is 11.8 Å². The molecule has 1 radical (unpaired) electrons. The molecule has 17 heavy (non-hydrogen) atoms. The van der Waals surface area contributed by atoms with Gasteiger partial charge in [0.1, 0.15) is 0 Å². The van der Waals surface area contributed by atoms with Crippen molar-refractivity contribution < 1.29 is 9.45 Å². The summed E-state index contributed by atoms with van der Waals surface area (Å²) in [7, 11) is 1.78. The van der Waals surface area contributed by atoms with Gasteiger partial charge >= 0.3 is 7.48 Å². The molecule has 1 aliphatic heterocycles. The molecule has 2 rings (SSSR count). The van der Waals surface area contributed by atoms with Gasteiger partial charge < -0.3 is 9.97 Å². The first-order valence-electron chi connectivity index (χ1n) is 6.08. The third-order valence-corrected chi connectivity index (χ3v) is 3.83. The van der Waals surface area contributed by atoms with Crippen molar-refractivity contribution in [3.05, 3.63) is 22.4 Å². The smallest absolute Gasteiger partial charge is 0.317 e. The topological polar surface area (TPSA) is 38.3 Å². The first kappa shape index (κ1) is 12.6. The van der Waals surface area contributed by atoms with E-state index in [1.807, 2.05) is 17.5 Å². The Balaban J connectivity index is 1.72. The van der Waals surface area contributed by atoms with Crippen LogP contribution in [-0.4, -0.2) is 25.4 Å². The van der Waals surface area contributed by atoms with Gasteiger partial charge in [-0.3, -0.25) is 4.79 Å². The molecule has 1 aliphatic rings. The minimum absolute atomic E-state index is 0.0743. The zero-order chi connectivity index (χ0) is 12.1. The fraction of sp³-hybridized carbons (Fsp3) is 0.583. The van der Waals surface area contributed by atoms with Gasteiger partial charge in [0.15, 0.2) is 0 Å². The summed E-state index contributed by atoms with van der Waals surface area (Å²) >= 11 is 1.62. The number of hydrogen-bond acceptors (Lipinski definition) is 3. The lowest BCUT2D eigenvalue weighted by Crippen LogP contribution is -2.45. The molecule has 1 amide bonds. The Hall–Kier alpha value is -0.805. The molecule has 0 bridgehead atoms. The van der Waals surface area contributed by atoms with Crippen LogP contribution in [0.3, 0.4) is 0 Å². The van der Waals surface area contributed by atoms with Crippen molar-refractivity contribution in [1.82, 2.24) is 5.32 Å². The minimum atomic E-state index is 0.0743. The lowest BCUT2D eigenvalue weighted by atomic mass is 9.79. The number of carbonyl (C=O) groups is 1. The molecule has 0 saturated carbocycles. The largest absolute Gasteiger partial charge is 0.436 e. The van der Waals surface area contributed by atoms with E-state index >= 15 is 0 Å². The van der Waals surface area contributed by atoms with Gasteiger partial charge in [-0.15, -0.1) is 11.3 Å². The average Bonchev–Trinajstić information content (AvgIpc) is 2.82. The number of hydrogen-bond donors (Lipinski definition) is 1. The summed E-state index contributed by atoms with van der Waals surface area (Å²) in [6, 6.07) is 3.95. The molecule has 91 valence electrons. The fourth-order valence-corrected chi connectivity index (χ4v) is 2.65. The van der Waals surface area contributed by atoms with Gasteiger partial charge in [0.25, 0.3) is 0 Å². The zero-order valence-electron chi connectivity index (χ0n) is 10.0. The highest BCUT2D eigenvalue weighted by Crippen LogP contribution is 2.15. The van der Waals surface area contributed by atoms with Gasteiger partial charge in [0.05, 0.1) is 6.42 Å². The molecule has 0 spiro atoms. The summed E-state index contributed by atoms with van der Waals surface area (Å²) < 4.78 is 5.54. The quantitative estimate of drug-likeness (QED) is 0.829. The van der Waals surface area contributed by atoms with E-state index in [2.05, 4.69) is 12.2 Å². The molecule has 0 aromatic carbocycles. The van der Waals surface area contributed by atoms with Crippen LogP contribution in [0.4, 0.5) is 0 Å². The lowest BCUT2D eigenvalue weighted by molar-refractivity contribution is -0.120. The molecule has 1 N–H and O–H groups in total. The highest BCUT2D eigenvalue weighted by Gasteiger charge is 2.23. The lowest BCUT2D eigenvalue weighted by Gasteiger charge is -2.28. The Morgan fingerprint density at radius 1 is 1.65 bits per heavy atom. The Morgan fingerprint density at radius 3 is 3.12 bits per heavy atom. The van der Waals surface area contributed by atoms with E-state index in [4.69, 9.17) is 4.65 Å². The van der Waals surface area contributed by atoms with Crippen molar-refractivity contribution in [3.63, 3.8) is 0 Å². The minimum Gasteiger partial charge on any atom is -0.436 e. The molecule has 1 aromatic heterocycles. The summed E-state index contributed by atoms with van der Waals surface area (Å²) in [5.41, 5.74) is 0. The Bertz CT molecular complexity index is 347. The molecule has 2 heterocycles. The first-order chi connectivity index (χ1) is 8.28. The Labute approximate surface area is 107 Å². The molecular formula is C12H17BNO2S. The summed E-state index contributed by atoms with van der Waals surface area (Å²) in [6.45, 7) is 2.12. The predicted molar refractivity (Wildman–Crippen MR) is 70.1 cm³/mol. The van der Waals surface area contributed by atoms with E-state index in [0.717, 1.165) is 24.1 Å². The maximum Gasteiger partial charge on any atom is 0.317 e. The van der Waals surface area contributed by atoms with Crippen molar-refractivity contribution >= 4 is 24.7 Å². The number of carbonyl (C=O) groups excluding carboxylic acids is 1. The molecule has 1 aromatic rings. The van der Waals surface area contributed by atoms with Gasteiger partial charge in [-0.25, -0.2) is 0 Å². The molecule has 1 saturated heterocycles. The maximum absolute atomic E-state index is 11.7. The Morgan fingerprint density at radius 2 is 2.53 bits per heavy atom.